The first-order valence-corrected chi connectivity index (χ1v) is 8.81. The van der Waals surface area contributed by atoms with E-state index in [1.54, 1.807) is 13.1 Å². The molecular weight excluding hydrogens is 471 g/mol. The monoisotopic (exact) mass is 486 g/mol. The first-order valence-electron chi connectivity index (χ1n) is 6.94. The molecule has 0 unspecified atom stereocenters. The van der Waals surface area contributed by atoms with Gasteiger partial charge in [-0.2, -0.15) is 0 Å². The number of likely N-dealkylation sites (N-methyl/N-ethyl adjacent to an activating group) is 1. The van der Waals surface area contributed by atoms with Crippen LogP contribution in [0.1, 0.15) is 15.9 Å². The lowest BCUT2D eigenvalue weighted by Gasteiger charge is -2.18. The number of aryl methyl sites for hydroxylation is 1. The summed E-state index contributed by atoms with van der Waals surface area (Å²) in [5.74, 6) is -0.413. The molecule has 2 aromatic carbocycles. The molecule has 2 aromatic rings. The Balaban J connectivity index is 2.01. The second-order valence-electron chi connectivity index (χ2n) is 5.20. The third-order valence-corrected chi connectivity index (χ3v) is 4.66. The van der Waals surface area contributed by atoms with Gasteiger partial charge in [-0.25, -0.2) is 0 Å². The van der Waals surface area contributed by atoms with Crippen LogP contribution in [0.15, 0.2) is 46.9 Å². The van der Waals surface area contributed by atoms with Gasteiger partial charge in [0.05, 0.1) is 12.1 Å². The highest BCUT2D eigenvalue weighted by Crippen LogP contribution is 2.19. The number of halogens is 2. The van der Waals surface area contributed by atoms with Crippen LogP contribution in [0, 0.1) is 10.5 Å². The lowest BCUT2D eigenvalue weighted by Crippen LogP contribution is -2.35. The molecule has 0 radical (unpaired) electrons. The van der Waals surface area contributed by atoms with Gasteiger partial charge in [0.2, 0.25) is 5.91 Å². The molecule has 23 heavy (non-hydrogen) atoms. The predicted molar refractivity (Wildman–Crippen MR) is 104 cm³/mol. The minimum atomic E-state index is -0.227. The summed E-state index contributed by atoms with van der Waals surface area (Å²) in [7, 11) is 1.62. The maximum atomic E-state index is 12.5. The van der Waals surface area contributed by atoms with Crippen molar-refractivity contribution in [1.29, 1.82) is 0 Å². The lowest BCUT2D eigenvalue weighted by atomic mass is 10.2. The molecular formula is C17H16BrIN2O2. The zero-order valence-corrected chi connectivity index (χ0v) is 16.5. The van der Waals surface area contributed by atoms with E-state index in [0.717, 1.165) is 19.3 Å². The number of hydrogen-bond donors (Lipinski definition) is 1. The van der Waals surface area contributed by atoms with E-state index >= 15 is 0 Å². The van der Waals surface area contributed by atoms with Crippen LogP contribution in [0.2, 0.25) is 0 Å². The molecule has 2 amide bonds. The number of anilines is 1. The number of benzene rings is 2. The topological polar surface area (TPSA) is 49.4 Å². The highest BCUT2D eigenvalue weighted by Gasteiger charge is 2.17. The third kappa shape index (κ3) is 5.04. The molecule has 0 aliphatic rings. The van der Waals surface area contributed by atoms with E-state index < -0.39 is 0 Å². The smallest absolute Gasteiger partial charge is 0.255 e. The number of carbonyl (C=O) groups is 2. The highest BCUT2D eigenvalue weighted by molar-refractivity contribution is 14.1. The maximum Gasteiger partial charge on any atom is 0.255 e. The second kappa shape index (κ2) is 7.92. The summed E-state index contributed by atoms with van der Waals surface area (Å²) in [6, 6.07) is 13.0. The standard InChI is InChI=1S/C17H16BrIN2O2/c1-11-3-6-13(7-4-11)20-16(22)10-21(2)17(23)14-9-12(18)5-8-15(14)19/h3-9H,10H2,1-2H3,(H,20,22). The average Bonchev–Trinajstić information content (AvgIpc) is 2.51. The minimum Gasteiger partial charge on any atom is -0.332 e. The van der Waals surface area contributed by atoms with E-state index in [9.17, 15) is 9.59 Å². The first kappa shape index (κ1) is 17.9. The van der Waals surface area contributed by atoms with Crippen molar-refractivity contribution in [1.82, 2.24) is 4.90 Å². The lowest BCUT2D eigenvalue weighted by molar-refractivity contribution is -0.116. The maximum absolute atomic E-state index is 12.5. The van der Waals surface area contributed by atoms with E-state index in [4.69, 9.17) is 0 Å². The molecule has 0 aromatic heterocycles. The summed E-state index contributed by atoms with van der Waals surface area (Å²) >= 11 is 5.47. The van der Waals surface area contributed by atoms with Crippen molar-refractivity contribution in [3.63, 3.8) is 0 Å². The summed E-state index contributed by atoms with van der Waals surface area (Å²) < 4.78 is 1.68. The summed E-state index contributed by atoms with van der Waals surface area (Å²) in [6.45, 7) is 1.98. The van der Waals surface area contributed by atoms with Crippen LogP contribution in [0.5, 0.6) is 0 Å². The van der Waals surface area contributed by atoms with Crippen molar-refractivity contribution in [2.24, 2.45) is 0 Å². The molecule has 0 atom stereocenters. The first-order chi connectivity index (χ1) is 10.9. The van der Waals surface area contributed by atoms with Crippen molar-refractivity contribution >= 4 is 56.0 Å². The number of nitrogens with one attached hydrogen (secondary N) is 1. The van der Waals surface area contributed by atoms with Crippen LogP contribution >= 0.6 is 38.5 Å². The molecule has 0 aliphatic heterocycles. The van der Waals surface area contributed by atoms with Crippen LogP contribution in [0.4, 0.5) is 5.69 Å². The Hall–Kier alpha value is -1.41. The van der Waals surface area contributed by atoms with Crippen LogP contribution in [0.25, 0.3) is 0 Å². The number of rotatable bonds is 4. The Kier molecular flexibility index (Phi) is 6.17. The van der Waals surface area contributed by atoms with Crippen LogP contribution in [0.3, 0.4) is 0 Å². The summed E-state index contributed by atoms with van der Waals surface area (Å²) in [4.78, 5) is 26.0. The highest BCUT2D eigenvalue weighted by atomic mass is 127. The fraction of sp³-hybridized carbons (Fsp3) is 0.176. The van der Waals surface area contributed by atoms with Gasteiger partial charge in [0.25, 0.3) is 5.91 Å². The molecule has 0 saturated heterocycles. The van der Waals surface area contributed by atoms with E-state index in [1.165, 1.54) is 4.90 Å². The van der Waals surface area contributed by atoms with Crippen molar-refractivity contribution in [2.75, 3.05) is 18.9 Å². The van der Waals surface area contributed by atoms with Gasteiger partial charge in [0, 0.05) is 20.8 Å². The Morgan fingerprint density at radius 2 is 1.83 bits per heavy atom. The van der Waals surface area contributed by atoms with Gasteiger partial charge < -0.3 is 10.2 Å². The van der Waals surface area contributed by atoms with Gasteiger partial charge in [-0.1, -0.05) is 33.6 Å². The van der Waals surface area contributed by atoms with Crippen LogP contribution < -0.4 is 5.32 Å². The predicted octanol–water partition coefficient (Wildman–Crippen LogP) is 4.07. The summed E-state index contributed by atoms with van der Waals surface area (Å²) in [5.41, 5.74) is 2.42. The average molecular weight is 487 g/mol. The number of nitrogens with zero attached hydrogens (tertiary/aromatic N) is 1. The molecule has 120 valence electrons. The van der Waals surface area contributed by atoms with Gasteiger partial charge in [-0.05, 0) is 59.8 Å². The number of carbonyl (C=O) groups excluding carboxylic acids is 2. The largest absolute Gasteiger partial charge is 0.332 e. The van der Waals surface area contributed by atoms with Crippen molar-refractivity contribution in [3.8, 4) is 0 Å². The van der Waals surface area contributed by atoms with Gasteiger partial charge in [-0.3, -0.25) is 9.59 Å². The molecule has 6 heteroatoms. The van der Waals surface area contributed by atoms with E-state index in [0.29, 0.717) is 5.56 Å². The number of hydrogen-bond acceptors (Lipinski definition) is 2. The van der Waals surface area contributed by atoms with E-state index in [1.807, 2.05) is 43.3 Å². The van der Waals surface area contributed by atoms with Crippen molar-refractivity contribution < 1.29 is 9.59 Å². The molecule has 4 nitrogen and oxygen atoms in total. The SMILES string of the molecule is Cc1ccc(NC(=O)CN(C)C(=O)c2cc(Br)ccc2I)cc1. The third-order valence-electron chi connectivity index (χ3n) is 3.22. The fourth-order valence-corrected chi connectivity index (χ4v) is 2.92. The molecule has 2 rings (SSSR count). The van der Waals surface area contributed by atoms with Crippen molar-refractivity contribution in [3.05, 3.63) is 61.6 Å². The molecule has 0 aliphatic carbocycles. The second-order valence-corrected chi connectivity index (χ2v) is 7.28. The Morgan fingerprint density at radius 1 is 1.17 bits per heavy atom. The van der Waals surface area contributed by atoms with Crippen LogP contribution in [-0.2, 0) is 4.79 Å². The normalized spacial score (nSPS) is 10.3. The van der Waals surface area contributed by atoms with E-state index in [-0.39, 0.29) is 18.4 Å². The minimum absolute atomic E-state index is 0.00466. The molecule has 0 bridgehead atoms. The molecule has 0 saturated carbocycles. The van der Waals surface area contributed by atoms with E-state index in [2.05, 4.69) is 43.8 Å². The Morgan fingerprint density at radius 3 is 2.48 bits per heavy atom. The van der Waals surface area contributed by atoms with Gasteiger partial charge >= 0.3 is 0 Å². The Labute approximate surface area is 157 Å². The summed E-state index contributed by atoms with van der Waals surface area (Å²) in [6.07, 6.45) is 0. The van der Waals surface area contributed by atoms with Crippen LogP contribution in [-0.4, -0.2) is 30.3 Å². The quantitative estimate of drug-likeness (QED) is 0.662. The molecule has 0 heterocycles. The fourth-order valence-electron chi connectivity index (χ4n) is 1.99. The van der Waals surface area contributed by atoms with Gasteiger partial charge in [0.15, 0.2) is 0 Å². The molecule has 0 fully saturated rings. The van der Waals surface area contributed by atoms with Crippen molar-refractivity contribution in [2.45, 2.75) is 6.92 Å². The molecule has 0 spiro atoms. The zero-order valence-electron chi connectivity index (χ0n) is 12.8. The number of amides is 2. The molecule has 1 N–H and O–H groups in total. The zero-order chi connectivity index (χ0) is 17.0. The summed E-state index contributed by atoms with van der Waals surface area (Å²) in [5, 5.41) is 2.79. The Bertz CT molecular complexity index is 732. The van der Waals surface area contributed by atoms with Gasteiger partial charge in [-0.15, -0.1) is 0 Å². The van der Waals surface area contributed by atoms with Gasteiger partial charge in [0.1, 0.15) is 0 Å².